The molecule has 1 aliphatic rings. The maximum atomic E-state index is 12.6. The highest BCUT2D eigenvalue weighted by Crippen LogP contribution is 2.45. The number of fused-ring (bicyclic) bond motifs is 3. The Bertz CT molecular complexity index is 1210. The minimum absolute atomic E-state index is 0.0349. The number of nitrogens with zero attached hydrogens (tertiary/aromatic N) is 1. The summed E-state index contributed by atoms with van der Waals surface area (Å²) < 4.78 is 7.61. The van der Waals surface area contributed by atoms with Crippen molar-refractivity contribution >= 4 is 11.5 Å². The number of methoxy groups -OCH3 is 1. The van der Waals surface area contributed by atoms with Crippen molar-refractivity contribution in [2.24, 2.45) is 11.1 Å². The largest absolute Gasteiger partial charge is 0.496 e. The fraction of sp³-hybridized carbons (Fsp3) is 0.308. The normalized spacial score (nSPS) is 16.2. The monoisotopic (exact) mass is 434 g/mol. The summed E-state index contributed by atoms with van der Waals surface area (Å²) in [6.07, 6.45) is 7.62. The molecule has 2 heterocycles. The zero-order valence-electron chi connectivity index (χ0n) is 19.2. The van der Waals surface area contributed by atoms with E-state index >= 15 is 0 Å². The molecule has 6 heteroatoms. The number of aromatic carboxylic acids is 1. The number of hydrogen-bond donors (Lipinski definition) is 2. The third kappa shape index (κ3) is 4.26. The Morgan fingerprint density at radius 3 is 2.47 bits per heavy atom. The number of aromatic nitrogens is 1. The van der Waals surface area contributed by atoms with Crippen molar-refractivity contribution in [3.63, 3.8) is 0 Å². The molecule has 3 N–H and O–H groups in total. The molecule has 1 atom stereocenters. The van der Waals surface area contributed by atoms with Crippen molar-refractivity contribution in [1.29, 1.82) is 0 Å². The van der Waals surface area contributed by atoms with Crippen molar-refractivity contribution in [3.05, 3.63) is 81.8 Å². The van der Waals surface area contributed by atoms with Crippen LogP contribution in [0.15, 0.2) is 59.7 Å². The molecule has 6 nitrogen and oxygen atoms in total. The van der Waals surface area contributed by atoms with Gasteiger partial charge in [-0.05, 0) is 48.1 Å². The molecule has 0 radical (unpaired) electrons. The molecule has 0 aliphatic carbocycles. The van der Waals surface area contributed by atoms with E-state index in [0.29, 0.717) is 23.6 Å². The summed E-state index contributed by atoms with van der Waals surface area (Å²) in [5.74, 6) is -0.589. The van der Waals surface area contributed by atoms with E-state index in [9.17, 15) is 14.7 Å². The molecule has 0 saturated heterocycles. The molecule has 0 amide bonds. The number of ether oxygens (including phenoxy) is 1. The number of benzene rings is 1. The first-order valence-electron chi connectivity index (χ1n) is 10.5. The molecular formula is C26H30N2O4. The topological polar surface area (TPSA) is 94.6 Å². The van der Waals surface area contributed by atoms with Crippen LogP contribution in [0.1, 0.15) is 55.2 Å². The Kier molecular flexibility index (Phi) is 6.17. The van der Waals surface area contributed by atoms with Gasteiger partial charge in [0.25, 0.3) is 0 Å². The molecule has 32 heavy (non-hydrogen) atoms. The highest BCUT2D eigenvalue weighted by molar-refractivity contribution is 5.88. The van der Waals surface area contributed by atoms with Crippen LogP contribution >= 0.6 is 0 Å². The SMILES string of the molecule is C=C/C(=C\C=C(\C)N)c1cc2c(cc1OC)-c1cc(=O)c(C(=O)O)cn1C(C(C)(C)C)C2. The first kappa shape index (κ1) is 23.1. The zero-order valence-corrected chi connectivity index (χ0v) is 19.2. The van der Waals surface area contributed by atoms with E-state index in [2.05, 4.69) is 33.4 Å². The van der Waals surface area contributed by atoms with E-state index in [1.54, 1.807) is 13.2 Å². The lowest BCUT2D eigenvalue weighted by atomic mass is 9.78. The van der Waals surface area contributed by atoms with Gasteiger partial charge in [-0.2, -0.15) is 0 Å². The maximum Gasteiger partial charge on any atom is 0.341 e. The van der Waals surface area contributed by atoms with Crippen molar-refractivity contribution in [2.45, 2.75) is 40.2 Å². The lowest BCUT2D eigenvalue weighted by Gasteiger charge is -2.39. The second-order valence-corrected chi connectivity index (χ2v) is 9.18. The Labute approximate surface area is 188 Å². The summed E-state index contributed by atoms with van der Waals surface area (Å²) >= 11 is 0. The molecule has 1 aromatic heterocycles. The van der Waals surface area contributed by atoms with Gasteiger partial charge in [0.1, 0.15) is 11.3 Å². The van der Waals surface area contributed by atoms with Gasteiger partial charge in [0, 0.05) is 35.1 Å². The molecule has 1 aromatic carbocycles. The lowest BCUT2D eigenvalue weighted by Crippen LogP contribution is -2.32. The molecule has 0 bridgehead atoms. The van der Waals surface area contributed by atoms with Crippen LogP contribution in [0.3, 0.4) is 0 Å². The van der Waals surface area contributed by atoms with Crippen LogP contribution in [-0.4, -0.2) is 22.8 Å². The van der Waals surface area contributed by atoms with Gasteiger partial charge >= 0.3 is 5.97 Å². The standard InChI is InChI=1S/C26H30N2O4/c1-7-16(9-8-15(2)27)19-10-17-11-24(26(3,4)5)28-14-20(25(30)31)22(29)13-21(28)18(17)12-23(19)32-6/h7-10,12-14,24H,1,11,27H2,2-6H3,(H,30,31)/b15-8-,16-9+. The minimum atomic E-state index is -1.22. The summed E-state index contributed by atoms with van der Waals surface area (Å²) in [5.41, 5.74) is 9.91. The van der Waals surface area contributed by atoms with Gasteiger partial charge < -0.3 is 20.1 Å². The van der Waals surface area contributed by atoms with Crippen molar-refractivity contribution in [2.75, 3.05) is 7.11 Å². The van der Waals surface area contributed by atoms with Crippen LogP contribution in [0.5, 0.6) is 5.75 Å². The van der Waals surface area contributed by atoms with Gasteiger partial charge in [-0.3, -0.25) is 4.79 Å². The number of carboxylic acids is 1. The Morgan fingerprint density at radius 2 is 1.94 bits per heavy atom. The second kappa shape index (κ2) is 8.54. The molecule has 0 fully saturated rings. The van der Waals surface area contributed by atoms with Gasteiger partial charge in [0.15, 0.2) is 5.43 Å². The van der Waals surface area contributed by atoms with Crippen LogP contribution in [0, 0.1) is 5.41 Å². The number of nitrogens with two attached hydrogens (primary N) is 1. The predicted molar refractivity (Wildman–Crippen MR) is 128 cm³/mol. The van der Waals surface area contributed by atoms with Gasteiger partial charge in [0.05, 0.1) is 12.8 Å². The number of allylic oxidation sites excluding steroid dienone is 5. The molecule has 168 valence electrons. The summed E-state index contributed by atoms with van der Waals surface area (Å²) in [4.78, 5) is 24.2. The van der Waals surface area contributed by atoms with Crippen molar-refractivity contribution in [1.82, 2.24) is 4.57 Å². The number of rotatable bonds is 5. The van der Waals surface area contributed by atoms with E-state index in [0.717, 1.165) is 22.3 Å². The summed E-state index contributed by atoms with van der Waals surface area (Å²) in [6.45, 7) is 12.1. The summed E-state index contributed by atoms with van der Waals surface area (Å²) in [7, 11) is 1.59. The van der Waals surface area contributed by atoms with E-state index in [1.807, 2.05) is 29.7 Å². The predicted octanol–water partition coefficient (Wildman–Crippen LogP) is 4.80. The highest BCUT2D eigenvalue weighted by atomic mass is 16.5. The zero-order chi connectivity index (χ0) is 23.8. The van der Waals surface area contributed by atoms with Gasteiger partial charge in [-0.25, -0.2) is 4.79 Å². The molecular weight excluding hydrogens is 404 g/mol. The average Bonchev–Trinajstić information content (AvgIpc) is 2.71. The van der Waals surface area contributed by atoms with Gasteiger partial charge in [-0.1, -0.05) is 39.5 Å². The van der Waals surface area contributed by atoms with E-state index in [4.69, 9.17) is 10.5 Å². The first-order chi connectivity index (χ1) is 15.0. The van der Waals surface area contributed by atoms with E-state index in [-0.39, 0.29) is 17.0 Å². The van der Waals surface area contributed by atoms with Crippen molar-refractivity contribution in [3.8, 4) is 17.0 Å². The number of pyridine rings is 1. The quantitative estimate of drug-likeness (QED) is 0.660. The molecule has 2 aromatic rings. The smallest absolute Gasteiger partial charge is 0.341 e. The fourth-order valence-electron chi connectivity index (χ4n) is 4.13. The Hall–Kier alpha value is -3.54. The third-order valence-corrected chi connectivity index (χ3v) is 5.82. The summed E-state index contributed by atoms with van der Waals surface area (Å²) in [5, 5.41) is 9.49. The molecule has 3 rings (SSSR count). The van der Waals surface area contributed by atoms with Crippen LogP contribution in [-0.2, 0) is 6.42 Å². The Balaban J connectivity index is 2.33. The van der Waals surface area contributed by atoms with Crippen LogP contribution in [0.2, 0.25) is 0 Å². The van der Waals surface area contributed by atoms with Gasteiger partial charge in [0.2, 0.25) is 0 Å². The Morgan fingerprint density at radius 1 is 1.25 bits per heavy atom. The third-order valence-electron chi connectivity index (χ3n) is 5.82. The molecule has 1 unspecified atom stereocenters. The first-order valence-corrected chi connectivity index (χ1v) is 10.5. The maximum absolute atomic E-state index is 12.6. The second-order valence-electron chi connectivity index (χ2n) is 9.18. The van der Waals surface area contributed by atoms with Crippen LogP contribution < -0.4 is 15.9 Å². The minimum Gasteiger partial charge on any atom is -0.496 e. The van der Waals surface area contributed by atoms with Crippen molar-refractivity contribution < 1.29 is 14.6 Å². The van der Waals surface area contributed by atoms with Crippen LogP contribution in [0.4, 0.5) is 0 Å². The fourth-order valence-corrected chi connectivity index (χ4v) is 4.13. The average molecular weight is 435 g/mol. The number of carbonyl (C=O) groups is 1. The highest BCUT2D eigenvalue weighted by Gasteiger charge is 2.34. The molecule has 0 spiro atoms. The van der Waals surface area contributed by atoms with E-state index in [1.165, 1.54) is 12.3 Å². The number of carboxylic acid groups (broad SMARTS) is 1. The van der Waals surface area contributed by atoms with Gasteiger partial charge in [-0.15, -0.1) is 0 Å². The lowest BCUT2D eigenvalue weighted by molar-refractivity contribution is 0.0693. The molecule has 1 aliphatic heterocycles. The molecule has 0 saturated carbocycles. The van der Waals surface area contributed by atoms with E-state index < -0.39 is 11.4 Å². The number of hydrogen-bond acceptors (Lipinski definition) is 4. The summed E-state index contributed by atoms with van der Waals surface area (Å²) in [6, 6.07) is 5.36. The van der Waals surface area contributed by atoms with Crippen LogP contribution in [0.25, 0.3) is 16.8 Å².